The van der Waals surface area contributed by atoms with Crippen LogP contribution < -0.4 is 10.6 Å². The number of guanidine groups is 1. The van der Waals surface area contributed by atoms with Gasteiger partial charge in [-0.1, -0.05) is 23.7 Å². The summed E-state index contributed by atoms with van der Waals surface area (Å²) in [6, 6.07) is 7.96. The van der Waals surface area contributed by atoms with Crippen molar-refractivity contribution in [2.75, 3.05) is 24.6 Å². The zero-order chi connectivity index (χ0) is 17.2. The minimum atomic E-state index is -2.89. The molecule has 0 aromatic heterocycles. The van der Waals surface area contributed by atoms with Gasteiger partial charge in [-0.05, 0) is 43.9 Å². The predicted octanol–water partition coefficient (Wildman–Crippen LogP) is 2.73. The maximum atomic E-state index is 11.6. The van der Waals surface area contributed by atoms with Crippen molar-refractivity contribution in [2.45, 2.75) is 37.6 Å². The fourth-order valence-corrected chi connectivity index (χ4v) is 4.94. The smallest absolute Gasteiger partial charge is 0.191 e. The van der Waals surface area contributed by atoms with Gasteiger partial charge in [0.2, 0.25) is 0 Å². The lowest BCUT2D eigenvalue weighted by atomic mass is 9.96. The number of halogens is 2. The lowest BCUT2D eigenvalue weighted by Crippen LogP contribution is -2.44. The van der Waals surface area contributed by atoms with Crippen LogP contribution in [-0.2, 0) is 15.3 Å². The Morgan fingerprint density at radius 1 is 1.32 bits per heavy atom. The third-order valence-corrected chi connectivity index (χ3v) is 6.79. The average molecular weight is 498 g/mol. The van der Waals surface area contributed by atoms with Crippen LogP contribution in [0.15, 0.2) is 29.3 Å². The molecule has 0 amide bonds. The number of rotatable bonds is 5. The SMILES string of the molecule is CCNC(=NCC1(c2ccc(Cl)cc2)CC1)NC1CCS(=O)(=O)C1.I. The van der Waals surface area contributed by atoms with Gasteiger partial charge in [0.05, 0.1) is 18.1 Å². The Balaban J connectivity index is 0.00000225. The molecule has 140 valence electrons. The van der Waals surface area contributed by atoms with Crippen molar-refractivity contribution in [1.82, 2.24) is 10.6 Å². The highest BCUT2D eigenvalue weighted by atomic mass is 127. The standard InChI is InChI=1S/C17H24ClN3O2S.HI/c1-2-19-16(21-15-7-10-24(22,23)11-15)20-12-17(8-9-17)13-3-5-14(18)6-4-13;/h3-6,15H,2,7-12H2,1H3,(H2,19,20,21);1H. The summed E-state index contributed by atoms with van der Waals surface area (Å²) < 4.78 is 23.2. The van der Waals surface area contributed by atoms with Crippen LogP contribution in [0.1, 0.15) is 31.7 Å². The van der Waals surface area contributed by atoms with E-state index in [1.54, 1.807) is 0 Å². The van der Waals surface area contributed by atoms with Crippen LogP contribution in [0.4, 0.5) is 0 Å². The summed E-state index contributed by atoms with van der Waals surface area (Å²) in [7, 11) is -2.89. The molecule has 3 rings (SSSR count). The lowest BCUT2D eigenvalue weighted by Gasteiger charge is -2.18. The van der Waals surface area contributed by atoms with Crippen molar-refractivity contribution in [3.63, 3.8) is 0 Å². The van der Waals surface area contributed by atoms with Crippen LogP contribution in [0.5, 0.6) is 0 Å². The Bertz CT molecular complexity index is 718. The molecule has 25 heavy (non-hydrogen) atoms. The molecule has 0 bridgehead atoms. The van der Waals surface area contributed by atoms with Gasteiger partial charge in [-0.2, -0.15) is 0 Å². The van der Waals surface area contributed by atoms with Gasteiger partial charge in [-0.15, -0.1) is 24.0 Å². The fraction of sp³-hybridized carbons (Fsp3) is 0.588. The molecule has 1 aliphatic carbocycles. The molecule has 1 saturated heterocycles. The van der Waals surface area contributed by atoms with E-state index in [-0.39, 0.29) is 46.9 Å². The second-order valence-corrected chi connectivity index (χ2v) is 9.39. The van der Waals surface area contributed by atoms with Gasteiger partial charge in [0, 0.05) is 23.0 Å². The van der Waals surface area contributed by atoms with Gasteiger partial charge in [0.15, 0.2) is 15.8 Å². The molecule has 0 radical (unpaired) electrons. The quantitative estimate of drug-likeness (QED) is 0.373. The van der Waals surface area contributed by atoms with Crippen LogP contribution in [0, 0.1) is 0 Å². The molecule has 8 heteroatoms. The summed E-state index contributed by atoms with van der Waals surface area (Å²) >= 11 is 5.97. The number of hydrogen-bond acceptors (Lipinski definition) is 3. The molecule has 1 aliphatic heterocycles. The van der Waals surface area contributed by atoms with E-state index in [9.17, 15) is 8.42 Å². The van der Waals surface area contributed by atoms with Gasteiger partial charge in [-0.25, -0.2) is 8.42 Å². The van der Waals surface area contributed by atoms with Crippen molar-refractivity contribution >= 4 is 51.4 Å². The Labute approximate surface area is 172 Å². The predicted molar refractivity (Wildman–Crippen MR) is 114 cm³/mol. The first-order valence-electron chi connectivity index (χ1n) is 8.44. The van der Waals surface area contributed by atoms with E-state index in [1.165, 1.54) is 5.56 Å². The summed E-state index contributed by atoms with van der Waals surface area (Å²) in [5, 5.41) is 7.24. The number of nitrogens with zero attached hydrogens (tertiary/aromatic N) is 1. The second-order valence-electron chi connectivity index (χ2n) is 6.73. The first kappa shape index (κ1) is 20.8. The van der Waals surface area contributed by atoms with E-state index in [0.717, 1.165) is 24.4 Å². The molecule has 1 saturated carbocycles. The number of nitrogens with one attached hydrogen (secondary N) is 2. The maximum absolute atomic E-state index is 11.6. The van der Waals surface area contributed by atoms with Gasteiger partial charge >= 0.3 is 0 Å². The fourth-order valence-electron chi connectivity index (χ4n) is 3.15. The van der Waals surface area contributed by atoms with Gasteiger partial charge in [0.1, 0.15) is 0 Å². The summed E-state index contributed by atoms with van der Waals surface area (Å²) in [5.74, 6) is 1.17. The zero-order valence-corrected chi connectivity index (χ0v) is 18.2. The molecule has 1 heterocycles. The van der Waals surface area contributed by atoms with Crippen molar-refractivity contribution in [1.29, 1.82) is 0 Å². The summed E-state index contributed by atoms with van der Waals surface area (Å²) in [6.07, 6.45) is 2.89. The first-order valence-corrected chi connectivity index (χ1v) is 10.6. The van der Waals surface area contributed by atoms with Gasteiger partial charge in [-0.3, -0.25) is 4.99 Å². The molecular formula is C17H25ClIN3O2S. The van der Waals surface area contributed by atoms with E-state index < -0.39 is 9.84 Å². The Hall–Kier alpha value is -0.540. The highest BCUT2D eigenvalue weighted by molar-refractivity contribution is 14.0. The topological polar surface area (TPSA) is 70.6 Å². The van der Waals surface area contributed by atoms with Crippen LogP contribution in [0.2, 0.25) is 5.02 Å². The van der Waals surface area contributed by atoms with Crippen LogP contribution >= 0.6 is 35.6 Å². The van der Waals surface area contributed by atoms with Crippen LogP contribution in [0.3, 0.4) is 0 Å². The summed E-state index contributed by atoms with van der Waals surface area (Å²) in [4.78, 5) is 4.72. The van der Waals surface area contributed by atoms with E-state index in [1.807, 2.05) is 19.1 Å². The normalized spacial score (nSPS) is 23.6. The average Bonchev–Trinajstić information content (AvgIpc) is 3.25. The van der Waals surface area contributed by atoms with Crippen molar-refractivity contribution in [3.8, 4) is 0 Å². The highest BCUT2D eigenvalue weighted by Gasteiger charge is 2.44. The Morgan fingerprint density at radius 3 is 2.52 bits per heavy atom. The molecule has 5 nitrogen and oxygen atoms in total. The zero-order valence-electron chi connectivity index (χ0n) is 14.3. The third kappa shape index (κ3) is 5.47. The van der Waals surface area contributed by atoms with Crippen molar-refractivity contribution < 1.29 is 8.42 Å². The third-order valence-electron chi connectivity index (χ3n) is 4.77. The number of benzene rings is 1. The molecule has 1 aromatic carbocycles. The van der Waals surface area contributed by atoms with E-state index in [4.69, 9.17) is 16.6 Å². The Kier molecular flexibility index (Phi) is 7.01. The number of hydrogen-bond donors (Lipinski definition) is 2. The highest BCUT2D eigenvalue weighted by Crippen LogP contribution is 2.48. The molecular weight excluding hydrogens is 473 g/mol. The van der Waals surface area contributed by atoms with Crippen molar-refractivity contribution in [3.05, 3.63) is 34.9 Å². The molecule has 2 aliphatic rings. The molecule has 2 fully saturated rings. The maximum Gasteiger partial charge on any atom is 0.191 e. The molecule has 0 spiro atoms. The first-order chi connectivity index (χ1) is 11.4. The monoisotopic (exact) mass is 497 g/mol. The van der Waals surface area contributed by atoms with Gasteiger partial charge in [0.25, 0.3) is 0 Å². The van der Waals surface area contributed by atoms with Gasteiger partial charge < -0.3 is 10.6 Å². The molecule has 1 aromatic rings. The van der Waals surface area contributed by atoms with E-state index >= 15 is 0 Å². The summed E-state index contributed by atoms with van der Waals surface area (Å²) in [5.41, 5.74) is 1.38. The van der Waals surface area contributed by atoms with Crippen LogP contribution in [0.25, 0.3) is 0 Å². The minimum absolute atomic E-state index is 0. The van der Waals surface area contributed by atoms with Crippen LogP contribution in [-0.4, -0.2) is 45.0 Å². The second kappa shape index (κ2) is 8.43. The molecule has 1 atom stereocenters. The Morgan fingerprint density at radius 2 is 2.00 bits per heavy atom. The van der Waals surface area contributed by atoms with E-state index in [0.29, 0.717) is 18.9 Å². The largest absolute Gasteiger partial charge is 0.357 e. The number of aliphatic imine (C=N–C) groups is 1. The summed E-state index contributed by atoms with van der Waals surface area (Å²) in [6.45, 7) is 3.46. The molecule has 2 N–H and O–H groups in total. The molecule has 1 unspecified atom stereocenters. The van der Waals surface area contributed by atoms with E-state index in [2.05, 4.69) is 22.8 Å². The minimum Gasteiger partial charge on any atom is -0.357 e. The number of sulfone groups is 1. The van der Waals surface area contributed by atoms with Crippen molar-refractivity contribution in [2.24, 2.45) is 4.99 Å². The lowest BCUT2D eigenvalue weighted by molar-refractivity contribution is 0.599.